The van der Waals surface area contributed by atoms with Gasteiger partial charge in [0.2, 0.25) is 0 Å². The van der Waals surface area contributed by atoms with Crippen molar-refractivity contribution in [3.8, 4) is 16.2 Å². The molecular weight excluding hydrogens is 326 g/mol. The SMILES string of the molecule is CCC(C)N(CC(=O)O)C(=O)c1cc2c(s1)-c1ccccc1OC2. The summed E-state index contributed by atoms with van der Waals surface area (Å²) in [5, 5.41) is 9.11. The van der Waals surface area contributed by atoms with Crippen molar-refractivity contribution in [3.63, 3.8) is 0 Å². The minimum absolute atomic E-state index is 0.128. The third kappa shape index (κ3) is 3.01. The number of ether oxygens (including phenoxy) is 1. The van der Waals surface area contributed by atoms with Crippen LogP contribution in [0.25, 0.3) is 10.4 Å². The lowest BCUT2D eigenvalue weighted by atomic mass is 10.1. The Morgan fingerprint density at radius 1 is 1.38 bits per heavy atom. The number of carboxylic acids is 1. The van der Waals surface area contributed by atoms with Gasteiger partial charge in [0, 0.05) is 22.0 Å². The van der Waals surface area contributed by atoms with Crippen molar-refractivity contribution in [2.75, 3.05) is 6.54 Å². The maximum Gasteiger partial charge on any atom is 0.323 e. The van der Waals surface area contributed by atoms with Crippen LogP contribution in [-0.4, -0.2) is 34.5 Å². The van der Waals surface area contributed by atoms with Gasteiger partial charge in [-0.15, -0.1) is 11.3 Å². The Balaban J connectivity index is 1.95. The van der Waals surface area contributed by atoms with Gasteiger partial charge in [0.15, 0.2) is 0 Å². The van der Waals surface area contributed by atoms with E-state index >= 15 is 0 Å². The molecule has 1 N–H and O–H groups in total. The smallest absolute Gasteiger partial charge is 0.323 e. The lowest BCUT2D eigenvalue weighted by molar-refractivity contribution is -0.138. The second-order valence-corrected chi connectivity index (χ2v) is 6.89. The number of hydrogen-bond donors (Lipinski definition) is 1. The van der Waals surface area contributed by atoms with Gasteiger partial charge in [-0.05, 0) is 31.5 Å². The molecule has 1 amide bonds. The second kappa shape index (κ2) is 6.65. The molecule has 0 saturated heterocycles. The molecule has 1 atom stereocenters. The summed E-state index contributed by atoms with van der Waals surface area (Å²) < 4.78 is 5.72. The average Bonchev–Trinajstić information content (AvgIpc) is 3.03. The average molecular weight is 345 g/mol. The molecule has 2 aromatic rings. The molecule has 5 nitrogen and oxygen atoms in total. The van der Waals surface area contributed by atoms with Gasteiger partial charge in [-0.1, -0.05) is 19.1 Å². The summed E-state index contributed by atoms with van der Waals surface area (Å²) in [5.74, 6) is -0.419. The molecular formula is C18H19NO4S. The fraction of sp³-hybridized carbons (Fsp3) is 0.333. The van der Waals surface area contributed by atoms with Crippen LogP contribution in [-0.2, 0) is 11.4 Å². The van der Waals surface area contributed by atoms with E-state index in [1.165, 1.54) is 16.2 Å². The number of carbonyl (C=O) groups is 2. The summed E-state index contributed by atoms with van der Waals surface area (Å²) in [7, 11) is 0. The highest BCUT2D eigenvalue weighted by Gasteiger charge is 2.27. The zero-order chi connectivity index (χ0) is 17.3. The molecule has 2 heterocycles. The Morgan fingerprint density at radius 3 is 2.83 bits per heavy atom. The molecule has 1 aromatic carbocycles. The molecule has 1 aliphatic heterocycles. The maximum atomic E-state index is 12.8. The van der Waals surface area contributed by atoms with Gasteiger partial charge < -0.3 is 14.7 Å². The molecule has 0 fully saturated rings. The van der Waals surface area contributed by atoms with Crippen LogP contribution in [0.5, 0.6) is 5.75 Å². The van der Waals surface area contributed by atoms with E-state index in [0.29, 0.717) is 17.9 Å². The zero-order valence-electron chi connectivity index (χ0n) is 13.6. The van der Waals surface area contributed by atoms with Gasteiger partial charge in [-0.25, -0.2) is 0 Å². The van der Waals surface area contributed by atoms with Crippen molar-refractivity contribution >= 4 is 23.2 Å². The number of rotatable bonds is 5. The minimum atomic E-state index is -1.00. The Hall–Kier alpha value is -2.34. The highest BCUT2D eigenvalue weighted by atomic mass is 32.1. The Kier molecular flexibility index (Phi) is 4.57. The van der Waals surface area contributed by atoms with Gasteiger partial charge in [0.1, 0.15) is 18.9 Å². The van der Waals surface area contributed by atoms with Gasteiger partial charge >= 0.3 is 5.97 Å². The van der Waals surface area contributed by atoms with Crippen LogP contribution in [0, 0.1) is 0 Å². The number of hydrogen-bond acceptors (Lipinski definition) is 4. The molecule has 0 spiro atoms. The van der Waals surface area contributed by atoms with Crippen LogP contribution < -0.4 is 4.74 Å². The van der Waals surface area contributed by atoms with Crippen LogP contribution in [0.2, 0.25) is 0 Å². The molecule has 6 heteroatoms. The predicted octanol–water partition coefficient (Wildman–Crippen LogP) is 3.63. The second-order valence-electron chi connectivity index (χ2n) is 5.83. The van der Waals surface area contributed by atoms with Crippen molar-refractivity contribution in [2.45, 2.75) is 32.9 Å². The highest BCUT2D eigenvalue weighted by Crippen LogP contribution is 2.42. The summed E-state index contributed by atoms with van der Waals surface area (Å²) >= 11 is 1.41. The number of carboxylic acid groups (broad SMARTS) is 1. The number of aliphatic carboxylic acids is 1. The van der Waals surface area contributed by atoms with Gasteiger partial charge in [-0.3, -0.25) is 9.59 Å². The van der Waals surface area contributed by atoms with Crippen molar-refractivity contribution in [1.29, 1.82) is 0 Å². The minimum Gasteiger partial charge on any atom is -0.488 e. The first-order valence-corrected chi connectivity index (χ1v) is 8.70. The Morgan fingerprint density at radius 2 is 2.12 bits per heavy atom. The number of carbonyl (C=O) groups excluding carboxylic acids is 1. The number of nitrogens with zero attached hydrogens (tertiary/aromatic N) is 1. The molecule has 0 radical (unpaired) electrons. The van der Waals surface area contributed by atoms with Gasteiger partial charge in [-0.2, -0.15) is 0 Å². The van der Waals surface area contributed by atoms with E-state index in [1.54, 1.807) is 0 Å². The van der Waals surface area contributed by atoms with E-state index in [0.717, 1.165) is 21.8 Å². The van der Waals surface area contributed by atoms with Crippen molar-refractivity contribution in [1.82, 2.24) is 4.90 Å². The van der Waals surface area contributed by atoms with Crippen molar-refractivity contribution < 1.29 is 19.4 Å². The standard InChI is InChI=1S/C18H19NO4S/c1-3-11(2)19(9-16(20)21)18(22)15-8-12-10-23-14-7-5-4-6-13(14)17(12)24-15/h4-8,11H,3,9-10H2,1-2H3,(H,20,21). The first kappa shape index (κ1) is 16.5. The topological polar surface area (TPSA) is 66.8 Å². The summed E-state index contributed by atoms with van der Waals surface area (Å²) in [6, 6.07) is 9.44. The Bertz CT molecular complexity index is 783. The van der Waals surface area contributed by atoms with E-state index in [2.05, 4.69) is 0 Å². The Labute approximate surface area is 144 Å². The lowest BCUT2D eigenvalue weighted by Crippen LogP contribution is -2.41. The van der Waals surface area contributed by atoms with Crippen LogP contribution in [0.15, 0.2) is 30.3 Å². The van der Waals surface area contributed by atoms with Crippen molar-refractivity contribution in [3.05, 3.63) is 40.8 Å². The number of para-hydroxylation sites is 1. The van der Waals surface area contributed by atoms with Crippen LogP contribution in [0.3, 0.4) is 0 Å². The predicted molar refractivity (Wildman–Crippen MR) is 92.5 cm³/mol. The van der Waals surface area contributed by atoms with Crippen molar-refractivity contribution in [2.24, 2.45) is 0 Å². The van der Waals surface area contributed by atoms with Gasteiger partial charge in [0.25, 0.3) is 5.91 Å². The fourth-order valence-corrected chi connectivity index (χ4v) is 3.89. The van der Waals surface area contributed by atoms with Crippen LogP contribution in [0.4, 0.5) is 0 Å². The lowest BCUT2D eigenvalue weighted by Gasteiger charge is -2.26. The molecule has 126 valence electrons. The molecule has 0 saturated carbocycles. The first-order chi connectivity index (χ1) is 11.5. The van der Waals surface area contributed by atoms with Gasteiger partial charge in [0.05, 0.1) is 4.88 Å². The molecule has 24 heavy (non-hydrogen) atoms. The van der Waals surface area contributed by atoms with E-state index < -0.39 is 5.97 Å². The third-order valence-electron chi connectivity index (χ3n) is 4.22. The number of benzene rings is 1. The summed E-state index contributed by atoms with van der Waals surface area (Å²) in [6.45, 7) is 3.95. The normalized spacial score (nSPS) is 13.4. The van der Waals surface area contributed by atoms with E-state index in [9.17, 15) is 9.59 Å². The van der Waals surface area contributed by atoms with Crippen LogP contribution >= 0.6 is 11.3 Å². The van der Waals surface area contributed by atoms with E-state index in [-0.39, 0.29) is 18.5 Å². The molecule has 1 aliphatic rings. The molecule has 0 aliphatic carbocycles. The van der Waals surface area contributed by atoms with E-state index in [4.69, 9.17) is 9.84 Å². The van der Waals surface area contributed by atoms with E-state index in [1.807, 2.05) is 44.2 Å². The highest BCUT2D eigenvalue weighted by molar-refractivity contribution is 7.17. The monoisotopic (exact) mass is 345 g/mol. The first-order valence-electron chi connectivity index (χ1n) is 7.89. The summed E-state index contributed by atoms with van der Waals surface area (Å²) in [6.07, 6.45) is 0.704. The molecule has 1 aromatic heterocycles. The largest absolute Gasteiger partial charge is 0.488 e. The van der Waals surface area contributed by atoms with Crippen LogP contribution in [0.1, 0.15) is 35.5 Å². The fourth-order valence-electron chi connectivity index (χ4n) is 2.74. The third-order valence-corrected chi connectivity index (χ3v) is 5.42. The zero-order valence-corrected chi connectivity index (χ0v) is 14.4. The number of fused-ring (bicyclic) bond motifs is 3. The molecule has 0 bridgehead atoms. The maximum absolute atomic E-state index is 12.8. The number of thiophene rings is 1. The summed E-state index contributed by atoms with van der Waals surface area (Å²) in [5.41, 5.74) is 1.96. The molecule has 3 rings (SSSR count). The molecule has 1 unspecified atom stereocenters. The number of amides is 1. The quantitative estimate of drug-likeness (QED) is 0.898. The summed E-state index contributed by atoms with van der Waals surface area (Å²) in [4.78, 5) is 27.0.